The average Bonchev–Trinajstić information content (AvgIpc) is 2.80. The molecule has 0 saturated carbocycles. The largest absolute Gasteiger partial charge is 0.497 e. The summed E-state index contributed by atoms with van der Waals surface area (Å²) in [5.74, 6) is 0.702. The Morgan fingerprint density at radius 1 is 1.09 bits per heavy atom. The molecule has 0 radical (unpaired) electrons. The second-order valence-corrected chi connectivity index (χ2v) is 7.59. The van der Waals surface area contributed by atoms with Crippen molar-refractivity contribution >= 4 is 22.6 Å². The van der Waals surface area contributed by atoms with Gasteiger partial charge >= 0.3 is 6.03 Å². The highest BCUT2D eigenvalue weighted by Gasteiger charge is 2.17. The van der Waals surface area contributed by atoms with Crippen LogP contribution in [0.25, 0.3) is 10.9 Å². The van der Waals surface area contributed by atoms with Gasteiger partial charge in [0.05, 0.1) is 13.7 Å². The Morgan fingerprint density at radius 3 is 2.62 bits per heavy atom. The van der Waals surface area contributed by atoms with Gasteiger partial charge in [-0.1, -0.05) is 17.7 Å². The molecule has 2 aromatic heterocycles. The highest BCUT2D eigenvalue weighted by molar-refractivity contribution is 5.89. The number of nitrogens with zero attached hydrogens (tertiary/aromatic N) is 2. The van der Waals surface area contributed by atoms with Crippen LogP contribution in [0.1, 0.15) is 16.7 Å². The number of anilines is 1. The van der Waals surface area contributed by atoms with Crippen LogP contribution >= 0.6 is 0 Å². The summed E-state index contributed by atoms with van der Waals surface area (Å²) in [6, 6.07) is 18.2. The molecule has 0 fully saturated rings. The number of methoxy groups -OCH3 is 1. The summed E-state index contributed by atoms with van der Waals surface area (Å²) in [4.78, 5) is 34.5. The number of fused-ring (bicyclic) bond motifs is 1. The molecule has 0 unspecified atom stereocenters. The van der Waals surface area contributed by atoms with E-state index >= 15 is 0 Å². The summed E-state index contributed by atoms with van der Waals surface area (Å²) in [5.41, 5.74) is 3.66. The van der Waals surface area contributed by atoms with Crippen molar-refractivity contribution in [3.8, 4) is 5.75 Å². The molecule has 0 aliphatic heterocycles. The van der Waals surface area contributed by atoms with E-state index in [-0.39, 0.29) is 18.1 Å². The van der Waals surface area contributed by atoms with Crippen molar-refractivity contribution in [3.05, 3.63) is 100 Å². The third kappa shape index (κ3) is 4.95. The number of hydrogen-bond acceptors (Lipinski definition) is 4. The van der Waals surface area contributed by atoms with Crippen LogP contribution in [0.15, 0.2) is 77.9 Å². The van der Waals surface area contributed by atoms with E-state index in [0.717, 1.165) is 22.0 Å². The van der Waals surface area contributed by atoms with Crippen molar-refractivity contribution in [2.45, 2.75) is 20.0 Å². The molecule has 0 bridgehead atoms. The molecule has 162 valence electrons. The minimum atomic E-state index is -0.317. The van der Waals surface area contributed by atoms with Crippen LogP contribution in [0.5, 0.6) is 5.75 Å². The number of aromatic nitrogens is 2. The Hall–Kier alpha value is -4.13. The fourth-order valence-electron chi connectivity index (χ4n) is 3.48. The second kappa shape index (κ2) is 9.34. The maximum Gasteiger partial charge on any atom is 0.322 e. The maximum absolute atomic E-state index is 13.2. The van der Waals surface area contributed by atoms with Gasteiger partial charge in [0, 0.05) is 35.7 Å². The first-order chi connectivity index (χ1) is 15.5. The van der Waals surface area contributed by atoms with Crippen molar-refractivity contribution in [3.63, 3.8) is 0 Å². The van der Waals surface area contributed by atoms with Crippen LogP contribution in [-0.2, 0) is 13.1 Å². The molecular weight excluding hydrogens is 404 g/mol. The van der Waals surface area contributed by atoms with Crippen molar-refractivity contribution in [1.29, 1.82) is 0 Å². The summed E-state index contributed by atoms with van der Waals surface area (Å²) in [6.45, 7) is 2.46. The molecule has 2 amide bonds. The molecule has 4 aromatic rings. The third-order valence-corrected chi connectivity index (χ3v) is 5.16. The SMILES string of the molecule is COc1ccc(NC(=O)N(Cc2cccnc2)Cc2cc3cc(C)ccc3[nH]c2=O)cc1. The van der Waals surface area contributed by atoms with Crippen LogP contribution in [0, 0.1) is 6.92 Å². The zero-order chi connectivity index (χ0) is 22.5. The smallest absolute Gasteiger partial charge is 0.322 e. The maximum atomic E-state index is 13.2. The Balaban J connectivity index is 1.62. The molecule has 0 atom stereocenters. The molecule has 7 nitrogen and oxygen atoms in total. The number of ether oxygens (including phenoxy) is 1. The number of aromatic amines is 1. The Kier molecular flexibility index (Phi) is 6.17. The van der Waals surface area contributed by atoms with E-state index in [1.54, 1.807) is 48.7 Å². The molecule has 0 saturated heterocycles. The predicted octanol–water partition coefficient (Wildman–Crippen LogP) is 4.47. The summed E-state index contributed by atoms with van der Waals surface area (Å²) < 4.78 is 5.17. The number of hydrogen-bond donors (Lipinski definition) is 2. The van der Waals surface area contributed by atoms with Gasteiger partial charge in [-0.2, -0.15) is 0 Å². The normalized spacial score (nSPS) is 10.7. The highest BCUT2D eigenvalue weighted by atomic mass is 16.5. The summed E-state index contributed by atoms with van der Waals surface area (Å²) in [7, 11) is 1.59. The lowest BCUT2D eigenvalue weighted by molar-refractivity contribution is 0.206. The lowest BCUT2D eigenvalue weighted by Crippen LogP contribution is -2.35. The Labute approximate surface area is 185 Å². The average molecular weight is 428 g/mol. The number of aryl methyl sites for hydroxylation is 1. The monoisotopic (exact) mass is 428 g/mol. The van der Waals surface area contributed by atoms with Crippen LogP contribution in [0.3, 0.4) is 0 Å². The van der Waals surface area contributed by atoms with Crippen LogP contribution in [0.2, 0.25) is 0 Å². The topological polar surface area (TPSA) is 87.3 Å². The lowest BCUT2D eigenvalue weighted by Gasteiger charge is -2.23. The van der Waals surface area contributed by atoms with E-state index < -0.39 is 0 Å². The quantitative estimate of drug-likeness (QED) is 0.474. The van der Waals surface area contributed by atoms with E-state index in [4.69, 9.17) is 4.74 Å². The molecule has 7 heteroatoms. The van der Waals surface area contributed by atoms with Gasteiger partial charge < -0.3 is 19.9 Å². The number of carbonyl (C=O) groups excluding carboxylic acids is 1. The van der Waals surface area contributed by atoms with Crippen molar-refractivity contribution in [2.75, 3.05) is 12.4 Å². The zero-order valence-electron chi connectivity index (χ0n) is 18.0. The second-order valence-electron chi connectivity index (χ2n) is 7.59. The predicted molar refractivity (Wildman–Crippen MR) is 125 cm³/mol. The number of amides is 2. The van der Waals surface area contributed by atoms with E-state index in [2.05, 4.69) is 15.3 Å². The first kappa shape index (κ1) is 21.1. The molecular formula is C25H24N4O3. The van der Waals surface area contributed by atoms with Gasteiger partial charge in [0.15, 0.2) is 0 Å². The number of benzene rings is 2. The van der Waals surface area contributed by atoms with Crippen LogP contribution in [-0.4, -0.2) is 28.0 Å². The van der Waals surface area contributed by atoms with E-state index in [1.165, 1.54) is 0 Å². The van der Waals surface area contributed by atoms with E-state index in [9.17, 15) is 9.59 Å². The number of H-pyrrole nitrogens is 1. The third-order valence-electron chi connectivity index (χ3n) is 5.16. The van der Waals surface area contributed by atoms with E-state index in [0.29, 0.717) is 23.5 Å². The number of urea groups is 1. The van der Waals surface area contributed by atoms with Crippen LogP contribution < -0.4 is 15.6 Å². The van der Waals surface area contributed by atoms with Gasteiger partial charge in [0.25, 0.3) is 5.56 Å². The van der Waals surface area contributed by atoms with Crippen molar-refractivity contribution in [2.24, 2.45) is 0 Å². The lowest BCUT2D eigenvalue weighted by atomic mass is 10.1. The van der Waals surface area contributed by atoms with Gasteiger partial charge in [0.1, 0.15) is 5.75 Å². The molecule has 0 aliphatic rings. The first-order valence-corrected chi connectivity index (χ1v) is 10.2. The Bertz CT molecular complexity index is 1280. The number of nitrogens with one attached hydrogen (secondary N) is 2. The minimum Gasteiger partial charge on any atom is -0.497 e. The highest BCUT2D eigenvalue weighted by Crippen LogP contribution is 2.18. The number of carbonyl (C=O) groups is 1. The number of pyridine rings is 2. The molecule has 4 rings (SSSR count). The van der Waals surface area contributed by atoms with E-state index in [1.807, 2.05) is 43.3 Å². The minimum absolute atomic E-state index is 0.149. The molecule has 0 spiro atoms. The standard InChI is InChI=1S/C25H24N4O3/c1-17-5-10-23-19(12-17)13-20(24(30)28-23)16-29(15-18-4-3-11-26-14-18)25(31)27-21-6-8-22(32-2)9-7-21/h3-14H,15-16H2,1-2H3,(H,27,31)(H,28,30). The fraction of sp³-hybridized carbons (Fsp3) is 0.160. The summed E-state index contributed by atoms with van der Waals surface area (Å²) in [6.07, 6.45) is 3.39. The molecule has 2 aromatic carbocycles. The molecule has 0 aliphatic carbocycles. The zero-order valence-corrected chi connectivity index (χ0v) is 18.0. The molecule has 32 heavy (non-hydrogen) atoms. The van der Waals surface area contributed by atoms with Gasteiger partial charge in [0.2, 0.25) is 0 Å². The Morgan fingerprint density at radius 2 is 1.91 bits per heavy atom. The van der Waals surface area contributed by atoms with Gasteiger partial charge in [-0.05, 0) is 66.4 Å². The fourth-order valence-corrected chi connectivity index (χ4v) is 3.48. The first-order valence-electron chi connectivity index (χ1n) is 10.2. The molecule has 2 N–H and O–H groups in total. The van der Waals surface area contributed by atoms with Gasteiger partial charge in [-0.3, -0.25) is 9.78 Å². The van der Waals surface area contributed by atoms with Crippen molar-refractivity contribution in [1.82, 2.24) is 14.9 Å². The number of rotatable bonds is 6. The van der Waals surface area contributed by atoms with Gasteiger partial charge in [-0.25, -0.2) is 4.79 Å². The summed E-state index contributed by atoms with van der Waals surface area (Å²) >= 11 is 0. The van der Waals surface area contributed by atoms with Crippen molar-refractivity contribution < 1.29 is 9.53 Å². The molecule has 2 heterocycles. The van der Waals surface area contributed by atoms with Gasteiger partial charge in [-0.15, -0.1) is 0 Å². The van der Waals surface area contributed by atoms with Crippen LogP contribution in [0.4, 0.5) is 10.5 Å². The summed E-state index contributed by atoms with van der Waals surface area (Å²) in [5, 5.41) is 3.83.